The van der Waals surface area contributed by atoms with Crippen LogP contribution in [0.15, 0.2) is 91.0 Å². The molecular formula is C33H39Cl3SiTi. The molecule has 0 atom stereocenters. The summed E-state index contributed by atoms with van der Waals surface area (Å²) in [5.74, 6) is 0. The van der Waals surface area contributed by atoms with Crippen molar-refractivity contribution in [3.8, 4) is 0 Å². The van der Waals surface area contributed by atoms with Crippen LogP contribution >= 0.6 is 0 Å². The van der Waals surface area contributed by atoms with Gasteiger partial charge >= 0.3 is 21.7 Å². The molecule has 4 rings (SSSR count). The van der Waals surface area contributed by atoms with E-state index in [1.54, 1.807) is 0 Å². The standard InChI is InChI=1S/C33H39Si.3ClH.Ti/c1-24-12-9-15-27(20-24)33(28-16-10-13-25(2)21-28,29-17-11-14-26(3)22-29)30-18-19-31(23-30)34(7,8)32(4,5)6;;;;/h9-23H,1-8H3;3*1H;/q-1;;;;+4/p-3. The predicted octanol–water partition coefficient (Wildman–Crippen LogP) is -0.562. The monoisotopic (exact) mass is 616 g/mol. The average molecular weight is 618 g/mol. The summed E-state index contributed by atoms with van der Waals surface area (Å²) in [7, 11) is -1.67. The first-order valence-corrected chi connectivity index (χ1v) is 15.5. The minimum Gasteiger partial charge on any atom is -1.00 e. The normalized spacial score (nSPS) is 11.4. The summed E-state index contributed by atoms with van der Waals surface area (Å²) in [6, 6.07) is 34.7. The second kappa shape index (κ2) is 13.9. The Morgan fingerprint density at radius 1 is 0.579 bits per heavy atom. The van der Waals surface area contributed by atoms with Gasteiger partial charge in [0.25, 0.3) is 0 Å². The summed E-state index contributed by atoms with van der Waals surface area (Å²) < 4.78 is 0. The van der Waals surface area contributed by atoms with E-state index in [2.05, 4.69) is 146 Å². The van der Waals surface area contributed by atoms with Crippen molar-refractivity contribution in [1.29, 1.82) is 0 Å². The van der Waals surface area contributed by atoms with Gasteiger partial charge < -0.3 is 37.2 Å². The topological polar surface area (TPSA) is 0 Å². The summed E-state index contributed by atoms with van der Waals surface area (Å²) in [5.41, 5.74) is 8.86. The fourth-order valence-electron chi connectivity index (χ4n) is 5.13. The van der Waals surface area contributed by atoms with E-state index in [1.807, 2.05) is 0 Å². The summed E-state index contributed by atoms with van der Waals surface area (Å²) in [4.78, 5) is 0. The first-order chi connectivity index (χ1) is 16.0. The molecule has 0 saturated carbocycles. The van der Waals surface area contributed by atoms with Crippen LogP contribution in [0.4, 0.5) is 0 Å². The van der Waals surface area contributed by atoms with E-state index in [0.717, 1.165) is 0 Å². The van der Waals surface area contributed by atoms with Gasteiger partial charge in [-0.1, -0.05) is 123 Å². The van der Waals surface area contributed by atoms with Crippen molar-refractivity contribution in [3.05, 3.63) is 130 Å². The van der Waals surface area contributed by atoms with Gasteiger partial charge in [0.15, 0.2) is 0 Å². The van der Waals surface area contributed by atoms with Crippen molar-refractivity contribution < 1.29 is 58.9 Å². The average Bonchev–Trinajstić information content (AvgIpc) is 3.25. The molecule has 4 aromatic rings. The molecule has 200 valence electrons. The van der Waals surface area contributed by atoms with Gasteiger partial charge in [-0.25, -0.2) is 6.07 Å². The van der Waals surface area contributed by atoms with Crippen molar-refractivity contribution in [2.75, 3.05) is 0 Å². The zero-order chi connectivity index (χ0) is 24.7. The molecule has 0 bridgehead atoms. The second-order valence-electron chi connectivity index (χ2n) is 11.6. The summed E-state index contributed by atoms with van der Waals surface area (Å²) in [6.07, 6.45) is 0. The molecule has 0 aliphatic heterocycles. The quantitative estimate of drug-likeness (QED) is 0.160. The first-order valence-electron chi connectivity index (χ1n) is 12.5. The molecule has 0 N–H and O–H groups in total. The predicted molar refractivity (Wildman–Crippen MR) is 151 cm³/mol. The van der Waals surface area contributed by atoms with Gasteiger partial charge in [0.05, 0.1) is 0 Å². The Labute approximate surface area is 265 Å². The van der Waals surface area contributed by atoms with Crippen molar-refractivity contribution in [3.63, 3.8) is 0 Å². The van der Waals surface area contributed by atoms with Crippen LogP contribution in [0.2, 0.25) is 18.1 Å². The molecule has 0 aromatic heterocycles. The Hall–Kier alpha value is -1.19. The maximum Gasteiger partial charge on any atom is 4.00 e. The van der Waals surface area contributed by atoms with Gasteiger partial charge in [0.2, 0.25) is 0 Å². The molecule has 0 aliphatic rings. The second-order valence-corrected chi connectivity index (χ2v) is 16.9. The number of rotatable bonds is 5. The number of aryl methyl sites for hydroxylation is 3. The van der Waals surface area contributed by atoms with Crippen LogP contribution in [-0.4, -0.2) is 8.07 Å². The van der Waals surface area contributed by atoms with E-state index in [1.165, 1.54) is 44.1 Å². The first kappa shape index (κ1) is 36.8. The number of halogens is 3. The largest absolute Gasteiger partial charge is 4.00 e. The Morgan fingerprint density at radius 3 is 1.26 bits per heavy atom. The van der Waals surface area contributed by atoms with Gasteiger partial charge in [0, 0.05) is 13.5 Å². The van der Waals surface area contributed by atoms with E-state index in [4.69, 9.17) is 0 Å². The molecule has 0 radical (unpaired) electrons. The molecule has 0 aliphatic carbocycles. The third-order valence-corrected chi connectivity index (χ3v) is 13.6. The van der Waals surface area contributed by atoms with Crippen LogP contribution in [-0.2, 0) is 27.1 Å². The zero-order valence-corrected chi connectivity index (χ0v) is 28.6. The van der Waals surface area contributed by atoms with Crippen LogP contribution in [0.5, 0.6) is 0 Å². The van der Waals surface area contributed by atoms with E-state index in [0.29, 0.717) is 0 Å². The molecule has 38 heavy (non-hydrogen) atoms. The molecule has 0 fully saturated rings. The maximum absolute atomic E-state index is 2.53. The SMILES string of the molecule is Cc1cccc(C(c2cccc(C)c2)(c2cccc(C)c2)c2cc[c-]([Si](C)(C)C(C)(C)C)c2)c1.[Cl-].[Cl-].[Cl-].[Ti+4]. The third kappa shape index (κ3) is 6.75. The van der Waals surface area contributed by atoms with Crippen molar-refractivity contribution >= 4 is 13.3 Å². The number of benzene rings is 3. The Balaban J connectivity index is 0.00000342. The minimum atomic E-state index is -1.67. The Morgan fingerprint density at radius 2 is 0.947 bits per heavy atom. The molecular weight excluding hydrogens is 579 g/mol. The van der Waals surface area contributed by atoms with Gasteiger partial charge in [-0.05, 0) is 42.5 Å². The van der Waals surface area contributed by atoms with Crippen LogP contribution in [0.25, 0.3) is 0 Å². The van der Waals surface area contributed by atoms with Gasteiger partial charge in [-0.3, -0.25) is 0 Å². The summed E-state index contributed by atoms with van der Waals surface area (Å²) in [6.45, 7) is 18.8. The van der Waals surface area contributed by atoms with Gasteiger partial charge in [-0.15, -0.1) is 0 Å². The van der Waals surface area contributed by atoms with Crippen LogP contribution < -0.4 is 42.4 Å². The molecule has 0 saturated heterocycles. The van der Waals surface area contributed by atoms with Gasteiger partial charge in [-0.2, -0.15) is 22.9 Å². The zero-order valence-electron chi connectivity index (χ0n) is 23.8. The fraction of sp³-hybridized carbons (Fsp3) is 0.303. The molecule has 4 aromatic carbocycles. The molecule has 0 amide bonds. The van der Waals surface area contributed by atoms with Crippen molar-refractivity contribution in [2.24, 2.45) is 0 Å². The third-order valence-electron chi connectivity index (χ3n) is 8.14. The molecule has 0 nitrogen and oxygen atoms in total. The summed E-state index contributed by atoms with van der Waals surface area (Å²) in [5, 5.41) is 1.82. The number of hydrogen-bond acceptors (Lipinski definition) is 0. The maximum atomic E-state index is 2.53. The Bertz CT molecular complexity index is 1210. The van der Waals surface area contributed by atoms with Crippen molar-refractivity contribution in [1.82, 2.24) is 0 Å². The molecule has 5 heteroatoms. The summed E-state index contributed by atoms with van der Waals surface area (Å²) >= 11 is 0. The molecule has 0 heterocycles. The fourth-order valence-corrected chi connectivity index (χ4v) is 7.02. The van der Waals surface area contributed by atoms with E-state index in [-0.39, 0.29) is 69.4 Å². The van der Waals surface area contributed by atoms with Crippen molar-refractivity contribution in [2.45, 2.75) is 65.1 Å². The van der Waals surface area contributed by atoms with E-state index >= 15 is 0 Å². The van der Waals surface area contributed by atoms with Crippen LogP contribution in [0, 0.1) is 20.8 Å². The molecule has 0 unspecified atom stereocenters. The minimum absolute atomic E-state index is 0. The smallest absolute Gasteiger partial charge is 1.00 e. The Kier molecular flexibility index (Phi) is 13.5. The van der Waals surface area contributed by atoms with E-state index in [9.17, 15) is 0 Å². The van der Waals surface area contributed by atoms with E-state index < -0.39 is 8.07 Å². The van der Waals surface area contributed by atoms with Gasteiger partial charge in [0.1, 0.15) is 0 Å². The number of hydrogen-bond donors (Lipinski definition) is 0. The molecule has 0 spiro atoms. The van der Waals surface area contributed by atoms with Crippen LogP contribution in [0.3, 0.4) is 0 Å². The van der Waals surface area contributed by atoms with Crippen LogP contribution in [0.1, 0.15) is 59.7 Å².